The van der Waals surface area contributed by atoms with Crippen molar-refractivity contribution in [3.05, 3.63) is 35.4 Å². The van der Waals surface area contributed by atoms with Crippen LogP contribution in [0.25, 0.3) is 0 Å². The molecule has 3 N–H and O–H groups in total. The number of piperidine rings is 1. The lowest BCUT2D eigenvalue weighted by atomic mass is 9.98. The van der Waals surface area contributed by atoms with Crippen LogP contribution in [0.5, 0.6) is 0 Å². The maximum Gasteiger partial charge on any atom is 0.249 e. The number of carbonyl (C=O) groups is 1. The van der Waals surface area contributed by atoms with Gasteiger partial charge in [0.2, 0.25) is 5.91 Å². The van der Waals surface area contributed by atoms with Crippen LogP contribution in [-0.2, 0) is 6.54 Å². The number of primary amides is 1. The Hall–Kier alpha value is -1.39. The molecule has 1 aromatic rings. The molecular weight excluding hydrogens is 262 g/mol. The molecule has 1 amide bonds. The smallest absolute Gasteiger partial charge is 0.249 e. The van der Waals surface area contributed by atoms with Gasteiger partial charge in [0.15, 0.2) is 0 Å². The maximum absolute atomic E-state index is 11.6. The number of nitrogens with one attached hydrogen (secondary N) is 1. The van der Waals surface area contributed by atoms with Gasteiger partial charge in [0, 0.05) is 24.7 Å². The molecule has 0 spiro atoms. The summed E-state index contributed by atoms with van der Waals surface area (Å²) in [6, 6.07) is 8.46. The molecule has 21 heavy (non-hydrogen) atoms. The van der Waals surface area contributed by atoms with Crippen molar-refractivity contribution < 1.29 is 4.79 Å². The van der Waals surface area contributed by atoms with E-state index < -0.39 is 0 Å². The molecule has 0 bridgehead atoms. The lowest BCUT2D eigenvalue weighted by Gasteiger charge is -2.30. The highest BCUT2D eigenvalue weighted by molar-refractivity contribution is 5.94. The van der Waals surface area contributed by atoms with Crippen LogP contribution in [0.2, 0.25) is 0 Å². The predicted molar refractivity (Wildman–Crippen MR) is 84.0 cm³/mol. The first kappa shape index (κ1) is 14.5. The van der Waals surface area contributed by atoms with Gasteiger partial charge in [0.05, 0.1) is 0 Å². The Labute approximate surface area is 126 Å². The Morgan fingerprint density at radius 1 is 1.29 bits per heavy atom. The van der Waals surface area contributed by atoms with E-state index in [0.717, 1.165) is 37.7 Å². The molecule has 1 unspecified atom stereocenters. The largest absolute Gasteiger partial charge is 0.366 e. The summed E-state index contributed by atoms with van der Waals surface area (Å²) in [5.41, 5.74) is 7.24. The number of benzene rings is 1. The van der Waals surface area contributed by atoms with E-state index in [0.29, 0.717) is 11.6 Å². The number of nitrogens with zero attached hydrogens (tertiary/aromatic N) is 1. The number of hydrogen-bond acceptors (Lipinski definition) is 3. The molecule has 1 saturated carbocycles. The van der Waals surface area contributed by atoms with Gasteiger partial charge in [-0.05, 0) is 56.3 Å². The number of rotatable bonds is 6. The molecule has 0 aromatic heterocycles. The minimum Gasteiger partial charge on any atom is -0.366 e. The van der Waals surface area contributed by atoms with E-state index in [2.05, 4.69) is 10.2 Å². The fourth-order valence-electron chi connectivity index (χ4n) is 3.31. The van der Waals surface area contributed by atoms with Crippen molar-refractivity contribution in [3.8, 4) is 0 Å². The zero-order valence-corrected chi connectivity index (χ0v) is 12.6. The second-order valence-electron chi connectivity index (χ2n) is 6.39. The van der Waals surface area contributed by atoms with E-state index in [-0.39, 0.29) is 5.91 Å². The van der Waals surface area contributed by atoms with E-state index in [1.165, 1.54) is 25.7 Å². The Kier molecular flexibility index (Phi) is 4.56. The van der Waals surface area contributed by atoms with Crippen LogP contribution in [-0.4, -0.2) is 36.5 Å². The Morgan fingerprint density at radius 2 is 2.10 bits per heavy atom. The van der Waals surface area contributed by atoms with E-state index in [9.17, 15) is 4.79 Å². The molecule has 114 valence electrons. The van der Waals surface area contributed by atoms with Crippen molar-refractivity contribution in [2.75, 3.05) is 19.6 Å². The van der Waals surface area contributed by atoms with Crippen molar-refractivity contribution in [1.29, 1.82) is 0 Å². The van der Waals surface area contributed by atoms with E-state index >= 15 is 0 Å². The molecule has 4 nitrogen and oxygen atoms in total. The summed E-state index contributed by atoms with van der Waals surface area (Å²) >= 11 is 0. The van der Waals surface area contributed by atoms with Crippen molar-refractivity contribution >= 4 is 5.91 Å². The van der Waals surface area contributed by atoms with E-state index in [1.54, 1.807) is 0 Å². The lowest BCUT2D eigenvalue weighted by Crippen LogP contribution is -2.39. The molecular formula is C17H25N3O. The Balaban J connectivity index is 1.69. The number of nitrogens with two attached hydrogens (primary N) is 1. The molecule has 1 atom stereocenters. The third-order valence-electron chi connectivity index (χ3n) is 4.61. The minimum absolute atomic E-state index is 0.319. The molecule has 0 radical (unpaired) electrons. The Bertz CT molecular complexity index is 493. The van der Waals surface area contributed by atoms with Crippen LogP contribution in [0, 0.1) is 5.92 Å². The fraction of sp³-hybridized carbons (Fsp3) is 0.588. The van der Waals surface area contributed by atoms with Crippen molar-refractivity contribution in [3.63, 3.8) is 0 Å². The fourth-order valence-corrected chi connectivity index (χ4v) is 3.31. The van der Waals surface area contributed by atoms with Gasteiger partial charge < -0.3 is 11.1 Å². The number of hydrogen-bond donors (Lipinski definition) is 2. The van der Waals surface area contributed by atoms with Crippen LogP contribution in [0.3, 0.4) is 0 Å². The van der Waals surface area contributed by atoms with Gasteiger partial charge in [-0.1, -0.05) is 18.2 Å². The second-order valence-corrected chi connectivity index (χ2v) is 6.39. The lowest BCUT2D eigenvalue weighted by molar-refractivity contribution is 0.0997. The van der Waals surface area contributed by atoms with Gasteiger partial charge in [-0.15, -0.1) is 0 Å². The monoisotopic (exact) mass is 287 g/mol. The van der Waals surface area contributed by atoms with Crippen molar-refractivity contribution in [2.24, 2.45) is 11.7 Å². The van der Waals surface area contributed by atoms with Gasteiger partial charge in [-0.2, -0.15) is 0 Å². The molecule has 1 heterocycles. The van der Waals surface area contributed by atoms with Gasteiger partial charge >= 0.3 is 0 Å². The van der Waals surface area contributed by atoms with Gasteiger partial charge in [0.25, 0.3) is 0 Å². The third kappa shape index (κ3) is 3.83. The normalized spacial score (nSPS) is 22.4. The van der Waals surface area contributed by atoms with Gasteiger partial charge in [0.1, 0.15) is 0 Å². The highest BCUT2D eigenvalue weighted by Crippen LogP contribution is 2.30. The topological polar surface area (TPSA) is 58.4 Å². The highest BCUT2D eigenvalue weighted by Gasteiger charge is 2.31. The summed E-state index contributed by atoms with van der Waals surface area (Å²) in [7, 11) is 0. The third-order valence-corrected chi connectivity index (χ3v) is 4.61. The zero-order chi connectivity index (χ0) is 14.7. The number of amides is 1. The quantitative estimate of drug-likeness (QED) is 0.838. The van der Waals surface area contributed by atoms with E-state index in [4.69, 9.17) is 5.73 Å². The molecule has 1 saturated heterocycles. The van der Waals surface area contributed by atoms with Crippen LogP contribution in [0.15, 0.2) is 24.3 Å². The first-order valence-electron chi connectivity index (χ1n) is 8.06. The molecule has 3 rings (SSSR count). The molecule has 2 fully saturated rings. The molecule has 2 aliphatic rings. The number of carbonyl (C=O) groups excluding carboxylic acids is 1. The summed E-state index contributed by atoms with van der Waals surface area (Å²) in [4.78, 5) is 14.1. The second kappa shape index (κ2) is 6.58. The molecule has 1 aliphatic carbocycles. The Morgan fingerprint density at radius 3 is 2.76 bits per heavy atom. The summed E-state index contributed by atoms with van der Waals surface area (Å²) in [6.45, 7) is 4.26. The first-order valence-corrected chi connectivity index (χ1v) is 8.06. The van der Waals surface area contributed by atoms with Gasteiger partial charge in [-0.3, -0.25) is 9.69 Å². The molecule has 1 aliphatic heterocycles. The van der Waals surface area contributed by atoms with Crippen LogP contribution in [0.1, 0.15) is 41.6 Å². The minimum atomic E-state index is -0.319. The summed E-state index contributed by atoms with van der Waals surface area (Å²) in [5, 5.41) is 3.49. The average Bonchev–Trinajstić information content (AvgIpc) is 3.33. The standard InChI is InChI=1S/C17H25N3O/c18-17(21)16-6-2-1-5-14(16)12-20(15-7-8-15)11-13-4-3-9-19-10-13/h1-2,5-6,13,15,19H,3-4,7-12H2,(H2,18,21). The van der Waals surface area contributed by atoms with E-state index in [1.807, 2.05) is 24.3 Å². The highest BCUT2D eigenvalue weighted by atomic mass is 16.1. The maximum atomic E-state index is 11.6. The van der Waals surface area contributed by atoms with Crippen LogP contribution >= 0.6 is 0 Å². The van der Waals surface area contributed by atoms with Crippen molar-refractivity contribution in [1.82, 2.24) is 10.2 Å². The summed E-state index contributed by atoms with van der Waals surface area (Å²) in [5.74, 6) is 0.417. The van der Waals surface area contributed by atoms with Crippen LogP contribution in [0.4, 0.5) is 0 Å². The van der Waals surface area contributed by atoms with Crippen LogP contribution < -0.4 is 11.1 Å². The molecule has 4 heteroatoms. The molecule has 1 aromatic carbocycles. The summed E-state index contributed by atoms with van der Waals surface area (Å²) < 4.78 is 0. The SMILES string of the molecule is NC(=O)c1ccccc1CN(CC1CCCNC1)C1CC1. The predicted octanol–water partition coefficient (Wildman–Crippen LogP) is 1.75. The average molecular weight is 287 g/mol. The van der Waals surface area contributed by atoms with Crippen molar-refractivity contribution in [2.45, 2.75) is 38.3 Å². The first-order chi connectivity index (χ1) is 10.2. The zero-order valence-electron chi connectivity index (χ0n) is 12.6. The summed E-state index contributed by atoms with van der Waals surface area (Å²) in [6.07, 6.45) is 5.17. The van der Waals surface area contributed by atoms with Gasteiger partial charge in [-0.25, -0.2) is 0 Å².